The van der Waals surface area contributed by atoms with Gasteiger partial charge in [0.1, 0.15) is 12.2 Å². The minimum Gasteiger partial charge on any atom is -0.459 e. The smallest absolute Gasteiger partial charge is 0.303 e. The second-order valence-corrected chi connectivity index (χ2v) is 5.90. The van der Waals surface area contributed by atoms with Gasteiger partial charge in [-0.05, 0) is 24.8 Å². The molecule has 1 aromatic rings. The SMILES string of the molecule is C=CCC[C@H](OC(C)=O)[C@H]1C=CC[C@@H](COCc2ccccc2)O1. The quantitative estimate of drug-likeness (QED) is 0.510. The van der Waals surface area contributed by atoms with Gasteiger partial charge in [0.05, 0.1) is 19.3 Å². The van der Waals surface area contributed by atoms with E-state index in [-0.39, 0.29) is 24.3 Å². The molecule has 3 atom stereocenters. The zero-order valence-corrected chi connectivity index (χ0v) is 14.2. The van der Waals surface area contributed by atoms with Crippen LogP contribution in [0.2, 0.25) is 0 Å². The van der Waals surface area contributed by atoms with Gasteiger partial charge in [-0.1, -0.05) is 48.6 Å². The van der Waals surface area contributed by atoms with Crippen LogP contribution in [0.3, 0.4) is 0 Å². The summed E-state index contributed by atoms with van der Waals surface area (Å²) in [6, 6.07) is 10.1. The van der Waals surface area contributed by atoms with Gasteiger partial charge in [0.25, 0.3) is 0 Å². The van der Waals surface area contributed by atoms with Gasteiger partial charge in [0.2, 0.25) is 0 Å². The first kappa shape index (κ1) is 18.4. The molecular weight excluding hydrogens is 304 g/mol. The lowest BCUT2D eigenvalue weighted by atomic mass is 10.0. The van der Waals surface area contributed by atoms with Crippen LogP contribution >= 0.6 is 0 Å². The Balaban J connectivity index is 1.82. The molecule has 130 valence electrons. The van der Waals surface area contributed by atoms with Crippen LogP contribution < -0.4 is 0 Å². The molecular formula is C20H26O4. The van der Waals surface area contributed by atoms with E-state index in [4.69, 9.17) is 14.2 Å². The van der Waals surface area contributed by atoms with Crippen molar-refractivity contribution in [3.05, 3.63) is 60.7 Å². The van der Waals surface area contributed by atoms with Crippen molar-refractivity contribution in [2.75, 3.05) is 6.61 Å². The van der Waals surface area contributed by atoms with Crippen LogP contribution in [0, 0.1) is 0 Å². The van der Waals surface area contributed by atoms with E-state index >= 15 is 0 Å². The predicted octanol–water partition coefficient (Wildman–Crippen LogP) is 3.81. The number of esters is 1. The van der Waals surface area contributed by atoms with Gasteiger partial charge < -0.3 is 14.2 Å². The van der Waals surface area contributed by atoms with E-state index in [1.54, 1.807) is 0 Å². The van der Waals surface area contributed by atoms with Gasteiger partial charge in [0.15, 0.2) is 0 Å². The van der Waals surface area contributed by atoms with Crippen molar-refractivity contribution < 1.29 is 19.0 Å². The summed E-state index contributed by atoms with van der Waals surface area (Å²) < 4.78 is 17.2. The molecule has 0 amide bonds. The van der Waals surface area contributed by atoms with Crippen molar-refractivity contribution >= 4 is 5.97 Å². The van der Waals surface area contributed by atoms with Crippen molar-refractivity contribution in [3.8, 4) is 0 Å². The fraction of sp³-hybridized carbons (Fsp3) is 0.450. The number of rotatable bonds is 9. The molecule has 0 bridgehead atoms. The summed E-state index contributed by atoms with van der Waals surface area (Å²) >= 11 is 0. The number of carbonyl (C=O) groups is 1. The molecule has 0 fully saturated rings. The monoisotopic (exact) mass is 330 g/mol. The Kier molecular flexibility index (Phi) is 7.72. The maximum Gasteiger partial charge on any atom is 0.303 e. The van der Waals surface area contributed by atoms with E-state index in [1.165, 1.54) is 6.92 Å². The van der Waals surface area contributed by atoms with Crippen molar-refractivity contribution in [2.24, 2.45) is 0 Å². The predicted molar refractivity (Wildman–Crippen MR) is 93.5 cm³/mol. The molecule has 0 unspecified atom stereocenters. The number of hydrogen-bond donors (Lipinski definition) is 0. The third-order valence-corrected chi connectivity index (χ3v) is 3.83. The van der Waals surface area contributed by atoms with Gasteiger partial charge in [-0.2, -0.15) is 0 Å². The number of benzene rings is 1. The summed E-state index contributed by atoms with van der Waals surface area (Å²) in [5, 5.41) is 0. The molecule has 0 saturated heterocycles. The van der Waals surface area contributed by atoms with E-state index in [9.17, 15) is 4.79 Å². The first-order valence-corrected chi connectivity index (χ1v) is 8.41. The molecule has 0 aromatic heterocycles. The maximum absolute atomic E-state index is 11.3. The average Bonchev–Trinajstić information content (AvgIpc) is 2.59. The number of allylic oxidation sites excluding steroid dienone is 1. The molecule has 1 heterocycles. The van der Waals surface area contributed by atoms with Gasteiger partial charge in [-0.3, -0.25) is 4.79 Å². The normalized spacial score (nSPS) is 21.2. The summed E-state index contributed by atoms with van der Waals surface area (Å²) in [6.45, 7) is 6.23. The van der Waals surface area contributed by atoms with Crippen LogP contribution in [0.1, 0.15) is 31.7 Å². The largest absolute Gasteiger partial charge is 0.459 e. The molecule has 0 N–H and O–H groups in total. The van der Waals surface area contributed by atoms with Crippen molar-refractivity contribution in [3.63, 3.8) is 0 Å². The Bertz CT molecular complexity index is 538. The van der Waals surface area contributed by atoms with Crippen molar-refractivity contribution in [1.29, 1.82) is 0 Å². The maximum atomic E-state index is 11.3. The minimum atomic E-state index is -0.288. The van der Waals surface area contributed by atoms with Gasteiger partial charge in [0, 0.05) is 6.92 Å². The molecule has 0 aliphatic carbocycles. The summed E-state index contributed by atoms with van der Waals surface area (Å²) in [6.07, 6.45) is 7.63. The zero-order chi connectivity index (χ0) is 17.2. The molecule has 2 rings (SSSR count). The first-order valence-electron chi connectivity index (χ1n) is 8.41. The Morgan fingerprint density at radius 1 is 1.42 bits per heavy atom. The van der Waals surface area contributed by atoms with E-state index in [0.717, 1.165) is 18.4 Å². The van der Waals surface area contributed by atoms with Gasteiger partial charge in [-0.15, -0.1) is 6.58 Å². The Morgan fingerprint density at radius 2 is 2.21 bits per heavy atom. The zero-order valence-electron chi connectivity index (χ0n) is 14.2. The average molecular weight is 330 g/mol. The van der Waals surface area contributed by atoms with Gasteiger partial charge >= 0.3 is 5.97 Å². The van der Waals surface area contributed by atoms with E-state index in [1.807, 2.05) is 42.5 Å². The number of ether oxygens (including phenoxy) is 3. The highest BCUT2D eigenvalue weighted by molar-refractivity contribution is 5.66. The van der Waals surface area contributed by atoms with E-state index in [2.05, 4.69) is 12.7 Å². The highest BCUT2D eigenvalue weighted by Gasteiger charge is 2.27. The molecule has 4 nitrogen and oxygen atoms in total. The topological polar surface area (TPSA) is 44.8 Å². The molecule has 1 aromatic carbocycles. The van der Waals surface area contributed by atoms with Crippen molar-refractivity contribution in [1.82, 2.24) is 0 Å². The number of hydrogen-bond acceptors (Lipinski definition) is 4. The first-order chi connectivity index (χ1) is 11.7. The van der Waals surface area contributed by atoms with E-state index < -0.39 is 0 Å². The Morgan fingerprint density at radius 3 is 2.92 bits per heavy atom. The van der Waals surface area contributed by atoms with Crippen LogP contribution in [0.4, 0.5) is 0 Å². The molecule has 1 aliphatic heterocycles. The highest BCUT2D eigenvalue weighted by Crippen LogP contribution is 2.21. The fourth-order valence-electron chi connectivity index (χ4n) is 2.67. The minimum absolute atomic E-state index is 0.0227. The third-order valence-electron chi connectivity index (χ3n) is 3.83. The molecule has 4 heteroatoms. The lowest BCUT2D eigenvalue weighted by Gasteiger charge is -2.31. The standard InChI is InChI=1S/C20H26O4/c1-3-4-12-19(23-16(2)21)20-13-8-11-18(24-20)15-22-14-17-9-6-5-7-10-17/h3,5-10,13,18-20H,1,4,11-12,14-15H2,2H3/t18-,19-,20+/m0/s1. The lowest BCUT2D eigenvalue weighted by Crippen LogP contribution is -2.38. The van der Waals surface area contributed by atoms with Crippen molar-refractivity contribution in [2.45, 2.75) is 51.1 Å². The van der Waals surface area contributed by atoms with Gasteiger partial charge in [-0.25, -0.2) is 0 Å². The molecule has 1 aliphatic rings. The third kappa shape index (κ3) is 6.30. The molecule has 24 heavy (non-hydrogen) atoms. The lowest BCUT2D eigenvalue weighted by molar-refractivity contribution is -0.158. The van der Waals surface area contributed by atoms with Crippen LogP contribution in [-0.2, 0) is 25.6 Å². The highest BCUT2D eigenvalue weighted by atomic mass is 16.6. The number of carbonyl (C=O) groups excluding carboxylic acids is 1. The van der Waals surface area contributed by atoms with Crippen LogP contribution in [0.5, 0.6) is 0 Å². The molecule has 0 radical (unpaired) electrons. The Labute approximate surface area is 144 Å². The summed E-state index contributed by atoms with van der Waals surface area (Å²) in [5.41, 5.74) is 1.14. The second-order valence-electron chi connectivity index (χ2n) is 5.90. The van der Waals surface area contributed by atoms with Crippen LogP contribution in [-0.4, -0.2) is 30.9 Å². The fourth-order valence-corrected chi connectivity index (χ4v) is 2.67. The van der Waals surface area contributed by atoms with E-state index in [0.29, 0.717) is 19.6 Å². The summed E-state index contributed by atoms with van der Waals surface area (Å²) in [7, 11) is 0. The molecule has 0 spiro atoms. The molecule has 0 saturated carbocycles. The van der Waals surface area contributed by atoms with Crippen LogP contribution in [0.15, 0.2) is 55.1 Å². The van der Waals surface area contributed by atoms with Crippen LogP contribution in [0.25, 0.3) is 0 Å². The summed E-state index contributed by atoms with van der Waals surface area (Å²) in [5.74, 6) is -0.288. The Hall–Kier alpha value is -1.91. The second kappa shape index (κ2) is 10.1. The summed E-state index contributed by atoms with van der Waals surface area (Å²) in [4.78, 5) is 11.3.